The van der Waals surface area contributed by atoms with Crippen LogP contribution in [-0.4, -0.2) is 0 Å². The van der Waals surface area contributed by atoms with E-state index in [0.717, 1.165) is 28.1 Å². The van der Waals surface area contributed by atoms with Crippen LogP contribution in [0.5, 0.6) is 0 Å². The fraction of sp³-hybridized carbons (Fsp3) is 0.0417. The molecule has 0 saturated heterocycles. The quantitative estimate of drug-likeness (QED) is 0.363. The zero-order valence-electron chi connectivity index (χ0n) is 14.9. The molecule has 0 aliphatic heterocycles. The van der Waals surface area contributed by atoms with Crippen LogP contribution in [0.3, 0.4) is 0 Å². The van der Waals surface area contributed by atoms with Gasteiger partial charge in [0, 0.05) is 28.9 Å². The summed E-state index contributed by atoms with van der Waals surface area (Å²) < 4.78 is 5.63. The normalized spacial score (nSPS) is 11.8. The largest absolute Gasteiger partial charge is 0.421 e. The molecule has 0 spiro atoms. The molecule has 28 heavy (non-hydrogen) atoms. The van der Waals surface area contributed by atoms with Gasteiger partial charge in [-0.3, -0.25) is 0 Å². The van der Waals surface area contributed by atoms with Gasteiger partial charge in [0.25, 0.3) is 0 Å². The molecule has 1 aliphatic carbocycles. The molecule has 5 rings (SSSR count). The lowest BCUT2D eigenvalue weighted by atomic mass is 10.1. The van der Waals surface area contributed by atoms with Crippen molar-refractivity contribution in [2.45, 2.75) is 6.42 Å². The van der Waals surface area contributed by atoms with Crippen LogP contribution < -0.4 is 10.5 Å². The van der Waals surface area contributed by atoms with Crippen molar-refractivity contribution in [3.8, 4) is 11.3 Å². The Balaban J connectivity index is 1.82. The average Bonchev–Trinajstić information content (AvgIpc) is 3.11. The van der Waals surface area contributed by atoms with Crippen molar-refractivity contribution in [1.29, 1.82) is 0 Å². The SMILES string of the molecule is O=c1oc2c(c(N(c3ccccc3)c3ccccc3)c1Cl)Cc1ccccc1-2. The van der Waals surface area contributed by atoms with Gasteiger partial charge in [0.15, 0.2) is 5.02 Å². The molecular formula is C24H16ClNO2. The predicted molar refractivity (Wildman–Crippen MR) is 113 cm³/mol. The molecule has 1 aliphatic rings. The maximum atomic E-state index is 12.7. The third-order valence-corrected chi connectivity index (χ3v) is 5.36. The molecule has 0 radical (unpaired) electrons. The van der Waals surface area contributed by atoms with E-state index in [0.29, 0.717) is 17.9 Å². The number of fused-ring (bicyclic) bond motifs is 3. The van der Waals surface area contributed by atoms with E-state index in [2.05, 4.69) is 6.07 Å². The molecule has 0 unspecified atom stereocenters. The lowest BCUT2D eigenvalue weighted by molar-refractivity contribution is 0.525. The summed E-state index contributed by atoms with van der Waals surface area (Å²) >= 11 is 6.57. The van der Waals surface area contributed by atoms with E-state index in [-0.39, 0.29) is 5.02 Å². The molecular weight excluding hydrogens is 370 g/mol. The van der Waals surface area contributed by atoms with Crippen LogP contribution in [0.1, 0.15) is 11.1 Å². The number of para-hydroxylation sites is 2. The molecule has 0 saturated carbocycles. The van der Waals surface area contributed by atoms with Crippen LogP contribution in [0, 0.1) is 0 Å². The maximum absolute atomic E-state index is 12.7. The Morgan fingerprint density at radius 1 is 0.786 bits per heavy atom. The van der Waals surface area contributed by atoms with Crippen molar-refractivity contribution in [1.82, 2.24) is 0 Å². The van der Waals surface area contributed by atoms with Gasteiger partial charge in [-0.15, -0.1) is 0 Å². The topological polar surface area (TPSA) is 33.5 Å². The summed E-state index contributed by atoms with van der Waals surface area (Å²) in [4.78, 5) is 14.7. The Labute approximate surface area is 167 Å². The van der Waals surface area contributed by atoms with Crippen molar-refractivity contribution in [3.63, 3.8) is 0 Å². The minimum atomic E-state index is -0.524. The Morgan fingerprint density at radius 2 is 1.36 bits per heavy atom. The van der Waals surface area contributed by atoms with E-state index in [1.165, 1.54) is 0 Å². The molecule has 0 amide bonds. The molecule has 0 atom stereocenters. The third kappa shape index (κ3) is 2.63. The van der Waals surface area contributed by atoms with Crippen LogP contribution in [0.15, 0.2) is 94.1 Å². The predicted octanol–water partition coefficient (Wildman–Crippen LogP) is 6.33. The van der Waals surface area contributed by atoms with Gasteiger partial charge >= 0.3 is 5.63 Å². The van der Waals surface area contributed by atoms with Gasteiger partial charge in [0.1, 0.15) is 5.76 Å². The number of rotatable bonds is 3. The number of halogens is 1. The fourth-order valence-electron chi connectivity index (χ4n) is 3.80. The van der Waals surface area contributed by atoms with Gasteiger partial charge in [-0.25, -0.2) is 4.79 Å². The molecule has 0 fully saturated rings. The van der Waals surface area contributed by atoms with E-state index < -0.39 is 5.63 Å². The van der Waals surface area contributed by atoms with Crippen molar-refractivity contribution in [2.75, 3.05) is 4.90 Å². The van der Waals surface area contributed by atoms with Crippen molar-refractivity contribution in [2.24, 2.45) is 0 Å². The summed E-state index contributed by atoms with van der Waals surface area (Å²) in [6.45, 7) is 0. The van der Waals surface area contributed by atoms with Gasteiger partial charge in [-0.1, -0.05) is 72.3 Å². The Morgan fingerprint density at radius 3 is 2.00 bits per heavy atom. The van der Waals surface area contributed by atoms with E-state index in [9.17, 15) is 4.79 Å². The summed E-state index contributed by atoms with van der Waals surface area (Å²) in [5, 5.41) is 0.0965. The summed E-state index contributed by atoms with van der Waals surface area (Å²) in [5.74, 6) is 0.608. The van der Waals surface area contributed by atoms with E-state index in [1.54, 1.807) is 0 Å². The molecule has 3 nitrogen and oxygen atoms in total. The van der Waals surface area contributed by atoms with E-state index in [4.69, 9.17) is 16.0 Å². The molecule has 1 heterocycles. The van der Waals surface area contributed by atoms with Crippen molar-refractivity contribution < 1.29 is 4.42 Å². The monoisotopic (exact) mass is 385 g/mol. The highest BCUT2D eigenvalue weighted by molar-refractivity contribution is 6.33. The van der Waals surface area contributed by atoms with Gasteiger partial charge in [-0.2, -0.15) is 0 Å². The zero-order chi connectivity index (χ0) is 19.1. The second kappa shape index (κ2) is 6.70. The lowest BCUT2D eigenvalue weighted by Crippen LogP contribution is -2.16. The second-order valence-electron chi connectivity index (χ2n) is 6.70. The summed E-state index contributed by atoms with van der Waals surface area (Å²) in [6, 6.07) is 27.8. The Bertz CT molecular complexity index is 1180. The van der Waals surface area contributed by atoms with E-state index >= 15 is 0 Å². The van der Waals surface area contributed by atoms with Crippen LogP contribution in [0.2, 0.25) is 5.02 Å². The number of anilines is 3. The Hall–Kier alpha value is -3.30. The average molecular weight is 386 g/mol. The number of hydrogen-bond donors (Lipinski definition) is 0. The summed E-state index contributed by atoms with van der Waals surface area (Å²) in [7, 11) is 0. The molecule has 4 aromatic rings. The lowest BCUT2D eigenvalue weighted by Gasteiger charge is -2.27. The molecule has 1 aromatic heterocycles. The van der Waals surface area contributed by atoms with Gasteiger partial charge in [-0.05, 0) is 29.8 Å². The first-order valence-electron chi connectivity index (χ1n) is 9.08. The first-order valence-corrected chi connectivity index (χ1v) is 9.46. The summed E-state index contributed by atoms with van der Waals surface area (Å²) in [5.41, 5.74) is 5.03. The summed E-state index contributed by atoms with van der Waals surface area (Å²) in [6.07, 6.45) is 0.667. The highest BCUT2D eigenvalue weighted by Gasteiger charge is 2.30. The minimum absolute atomic E-state index is 0.0965. The third-order valence-electron chi connectivity index (χ3n) is 5.02. The highest BCUT2D eigenvalue weighted by atomic mass is 35.5. The first kappa shape index (κ1) is 16.8. The molecule has 3 aromatic carbocycles. The zero-order valence-corrected chi connectivity index (χ0v) is 15.7. The van der Waals surface area contributed by atoms with Gasteiger partial charge in [0.2, 0.25) is 0 Å². The molecule has 0 N–H and O–H groups in total. The van der Waals surface area contributed by atoms with Crippen molar-refractivity contribution in [3.05, 3.63) is 111 Å². The van der Waals surface area contributed by atoms with Crippen LogP contribution in [0.4, 0.5) is 17.1 Å². The van der Waals surface area contributed by atoms with Gasteiger partial charge < -0.3 is 9.32 Å². The van der Waals surface area contributed by atoms with Crippen LogP contribution in [0.25, 0.3) is 11.3 Å². The first-order chi connectivity index (χ1) is 13.7. The fourth-order valence-corrected chi connectivity index (χ4v) is 4.04. The smallest absolute Gasteiger partial charge is 0.357 e. The Kier molecular flexibility index (Phi) is 4.03. The molecule has 136 valence electrons. The molecule has 4 heteroatoms. The number of benzene rings is 3. The highest BCUT2D eigenvalue weighted by Crippen LogP contribution is 2.47. The van der Waals surface area contributed by atoms with Crippen LogP contribution in [-0.2, 0) is 6.42 Å². The maximum Gasteiger partial charge on any atom is 0.357 e. The number of nitrogens with zero attached hydrogens (tertiary/aromatic N) is 1. The number of hydrogen-bond acceptors (Lipinski definition) is 3. The van der Waals surface area contributed by atoms with E-state index in [1.807, 2.05) is 83.8 Å². The minimum Gasteiger partial charge on any atom is -0.421 e. The van der Waals surface area contributed by atoms with Crippen LogP contribution >= 0.6 is 11.6 Å². The van der Waals surface area contributed by atoms with Gasteiger partial charge in [0.05, 0.1) is 5.69 Å². The van der Waals surface area contributed by atoms with Crippen molar-refractivity contribution >= 4 is 28.7 Å². The second-order valence-corrected chi connectivity index (χ2v) is 7.08. The standard InChI is InChI=1S/C24H16ClNO2/c25-21-22(20-15-16-9-7-8-14-19(16)23(20)28-24(21)27)26(17-10-3-1-4-11-17)18-12-5-2-6-13-18/h1-14H,15H2. The molecule has 0 bridgehead atoms.